The molecular weight excluding hydrogens is 350 g/mol. The van der Waals surface area contributed by atoms with Crippen molar-refractivity contribution in [2.24, 2.45) is 0 Å². The standard InChI is InChI=1S/C13H11BrF2N2OS/c1-7(19)18-11-2-3-20-12(11)6-17-13-9(14)4-8(15)5-10(13)16/h2-5,17H,6H2,1H3,(H,18,19). The number of nitrogens with one attached hydrogen (secondary N) is 2. The Kier molecular flexibility index (Phi) is 4.72. The lowest BCUT2D eigenvalue weighted by Crippen LogP contribution is -2.08. The van der Waals surface area contributed by atoms with Crippen LogP contribution < -0.4 is 10.6 Å². The van der Waals surface area contributed by atoms with Crippen molar-refractivity contribution >= 4 is 44.5 Å². The molecule has 0 radical (unpaired) electrons. The molecule has 1 heterocycles. The molecule has 2 rings (SSSR count). The highest BCUT2D eigenvalue weighted by atomic mass is 79.9. The van der Waals surface area contributed by atoms with Gasteiger partial charge in [-0.2, -0.15) is 0 Å². The van der Waals surface area contributed by atoms with Gasteiger partial charge in [-0.15, -0.1) is 11.3 Å². The minimum atomic E-state index is -0.672. The molecule has 0 aliphatic heterocycles. The van der Waals surface area contributed by atoms with E-state index in [-0.39, 0.29) is 11.6 Å². The fourth-order valence-corrected chi connectivity index (χ4v) is 2.98. The number of amides is 1. The van der Waals surface area contributed by atoms with Crippen LogP contribution in [-0.2, 0) is 11.3 Å². The summed E-state index contributed by atoms with van der Waals surface area (Å²) in [6.07, 6.45) is 0. The number of halogens is 3. The molecule has 0 bridgehead atoms. The van der Waals surface area contributed by atoms with E-state index < -0.39 is 11.6 Å². The van der Waals surface area contributed by atoms with Crippen molar-refractivity contribution in [2.45, 2.75) is 13.5 Å². The average molecular weight is 361 g/mol. The molecular formula is C13H11BrF2N2OS. The maximum Gasteiger partial charge on any atom is 0.221 e. The van der Waals surface area contributed by atoms with Crippen LogP contribution in [-0.4, -0.2) is 5.91 Å². The van der Waals surface area contributed by atoms with Crippen LogP contribution in [0.1, 0.15) is 11.8 Å². The van der Waals surface area contributed by atoms with E-state index in [4.69, 9.17) is 0 Å². The van der Waals surface area contributed by atoms with Crippen molar-refractivity contribution in [3.05, 3.63) is 44.6 Å². The summed E-state index contributed by atoms with van der Waals surface area (Å²) in [5.41, 5.74) is 0.877. The van der Waals surface area contributed by atoms with E-state index >= 15 is 0 Å². The van der Waals surface area contributed by atoms with Crippen molar-refractivity contribution in [1.82, 2.24) is 0 Å². The molecule has 106 valence electrons. The van der Waals surface area contributed by atoms with E-state index in [1.807, 2.05) is 5.38 Å². The van der Waals surface area contributed by atoms with Gasteiger partial charge in [0.1, 0.15) is 11.6 Å². The molecule has 1 aromatic carbocycles. The van der Waals surface area contributed by atoms with Gasteiger partial charge in [-0.3, -0.25) is 4.79 Å². The zero-order chi connectivity index (χ0) is 14.7. The number of carbonyl (C=O) groups excluding carboxylic acids is 1. The van der Waals surface area contributed by atoms with Crippen molar-refractivity contribution in [2.75, 3.05) is 10.6 Å². The number of hydrogen-bond acceptors (Lipinski definition) is 3. The number of anilines is 2. The largest absolute Gasteiger partial charge is 0.377 e. The Balaban J connectivity index is 2.13. The number of thiophene rings is 1. The molecule has 0 aliphatic carbocycles. The fourth-order valence-electron chi connectivity index (χ4n) is 1.66. The van der Waals surface area contributed by atoms with Crippen molar-refractivity contribution in [1.29, 1.82) is 0 Å². The molecule has 2 N–H and O–H groups in total. The Morgan fingerprint density at radius 1 is 1.40 bits per heavy atom. The van der Waals surface area contributed by atoms with Crippen LogP contribution in [0.4, 0.5) is 20.2 Å². The van der Waals surface area contributed by atoms with Crippen LogP contribution in [0.2, 0.25) is 0 Å². The van der Waals surface area contributed by atoms with Crippen LogP contribution in [0.5, 0.6) is 0 Å². The summed E-state index contributed by atoms with van der Waals surface area (Å²) in [4.78, 5) is 11.9. The molecule has 0 atom stereocenters. The zero-order valence-corrected chi connectivity index (χ0v) is 12.9. The molecule has 20 heavy (non-hydrogen) atoms. The lowest BCUT2D eigenvalue weighted by Gasteiger charge is -2.10. The minimum absolute atomic E-state index is 0.168. The first-order chi connectivity index (χ1) is 9.47. The predicted octanol–water partition coefficient (Wildman–Crippen LogP) is 4.36. The number of benzene rings is 1. The summed E-state index contributed by atoms with van der Waals surface area (Å²) in [6, 6.07) is 3.78. The molecule has 7 heteroatoms. The zero-order valence-electron chi connectivity index (χ0n) is 10.5. The second-order valence-electron chi connectivity index (χ2n) is 4.04. The Labute approximate surface area is 127 Å². The first-order valence-electron chi connectivity index (χ1n) is 5.69. The number of carbonyl (C=O) groups is 1. The smallest absolute Gasteiger partial charge is 0.221 e. The highest BCUT2D eigenvalue weighted by molar-refractivity contribution is 9.10. The van der Waals surface area contributed by atoms with Gasteiger partial charge in [-0.25, -0.2) is 8.78 Å². The summed E-state index contributed by atoms with van der Waals surface area (Å²) in [5.74, 6) is -1.48. The molecule has 0 unspecified atom stereocenters. The normalized spacial score (nSPS) is 10.4. The molecule has 0 aliphatic rings. The second kappa shape index (κ2) is 6.32. The van der Waals surface area contributed by atoms with Gasteiger partial charge < -0.3 is 10.6 Å². The number of rotatable bonds is 4. The van der Waals surface area contributed by atoms with Crippen LogP contribution >= 0.6 is 27.3 Å². The first-order valence-corrected chi connectivity index (χ1v) is 7.37. The van der Waals surface area contributed by atoms with E-state index in [0.29, 0.717) is 16.7 Å². The van der Waals surface area contributed by atoms with Gasteiger partial charge in [0.2, 0.25) is 5.91 Å². The van der Waals surface area contributed by atoms with Crippen LogP contribution in [0.3, 0.4) is 0 Å². The Hall–Kier alpha value is -1.47. The van der Waals surface area contributed by atoms with E-state index in [0.717, 1.165) is 10.9 Å². The highest BCUT2D eigenvalue weighted by Crippen LogP contribution is 2.29. The molecule has 0 saturated carbocycles. The summed E-state index contributed by atoms with van der Waals surface area (Å²) >= 11 is 4.55. The maximum absolute atomic E-state index is 13.7. The Morgan fingerprint density at radius 2 is 2.15 bits per heavy atom. The third-order valence-corrected chi connectivity index (χ3v) is 4.04. The van der Waals surface area contributed by atoms with E-state index in [2.05, 4.69) is 26.6 Å². The highest BCUT2D eigenvalue weighted by Gasteiger charge is 2.11. The molecule has 0 spiro atoms. The molecule has 0 saturated heterocycles. The fraction of sp³-hybridized carbons (Fsp3) is 0.154. The van der Waals surface area contributed by atoms with E-state index in [1.165, 1.54) is 24.3 Å². The van der Waals surface area contributed by atoms with Gasteiger partial charge in [0.15, 0.2) is 0 Å². The third-order valence-electron chi connectivity index (χ3n) is 2.49. The molecule has 3 nitrogen and oxygen atoms in total. The lowest BCUT2D eigenvalue weighted by molar-refractivity contribution is -0.114. The Bertz CT molecular complexity index is 622. The molecule has 1 amide bonds. The van der Waals surface area contributed by atoms with E-state index in [9.17, 15) is 13.6 Å². The average Bonchev–Trinajstić information content (AvgIpc) is 2.74. The van der Waals surface area contributed by atoms with Crippen LogP contribution in [0.25, 0.3) is 0 Å². The topological polar surface area (TPSA) is 41.1 Å². The summed E-state index contributed by atoms with van der Waals surface area (Å²) in [5, 5.41) is 7.42. The summed E-state index contributed by atoms with van der Waals surface area (Å²) in [7, 11) is 0. The first kappa shape index (κ1) is 14.9. The van der Waals surface area contributed by atoms with Gasteiger partial charge in [-0.1, -0.05) is 0 Å². The molecule has 2 aromatic rings. The molecule has 1 aromatic heterocycles. The van der Waals surface area contributed by atoms with Gasteiger partial charge in [0.25, 0.3) is 0 Å². The maximum atomic E-state index is 13.7. The minimum Gasteiger partial charge on any atom is -0.377 e. The summed E-state index contributed by atoms with van der Waals surface area (Å²) < 4.78 is 27.0. The van der Waals surface area contributed by atoms with Crippen molar-refractivity contribution < 1.29 is 13.6 Å². The van der Waals surface area contributed by atoms with Gasteiger partial charge in [0, 0.05) is 22.3 Å². The quantitative estimate of drug-likeness (QED) is 0.850. The van der Waals surface area contributed by atoms with Gasteiger partial charge >= 0.3 is 0 Å². The Morgan fingerprint density at radius 3 is 2.80 bits per heavy atom. The molecule has 0 fully saturated rings. The third kappa shape index (κ3) is 3.55. The van der Waals surface area contributed by atoms with Crippen molar-refractivity contribution in [3.63, 3.8) is 0 Å². The lowest BCUT2D eigenvalue weighted by atomic mass is 10.3. The van der Waals surface area contributed by atoms with Crippen LogP contribution in [0.15, 0.2) is 28.1 Å². The van der Waals surface area contributed by atoms with Crippen molar-refractivity contribution in [3.8, 4) is 0 Å². The monoisotopic (exact) mass is 360 g/mol. The van der Waals surface area contributed by atoms with Gasteiger partial charge in [0.05, 0.1) is 17.9 Å². The summed E-state index contributed by atoms with van der Waals surface area (Å²) in [6.45, 7) is 1.75. The second-order valence-corrected chi connectivity index (χ2v) is 5.89. The SMILES string of the molecule is CC(=O)Nc1ccsc1CNc1c(F)cc(F)cc1Br. The predicted molar refractivity (Wildman–Crippen MR) is 80.0 cm³/mol. The van der Waals surface area contributed by atoms with E-state index in [1.54, 1.807) is 6.07 Å². The van der Waals surface area contributed by atoms with Gasteiger partial charge in [-0.05, 0) is 33.4 Å². The van der Waals surface area contributed by atoms with Crippen LogP contribution in [0, 0.1) is 11.6 Å². The number of hydrogen-bond donors (Lipinski definition) is 2.